The molecule has 1 aliphatic rings. The number of hydrogen-bond acceptors (Lipinski definition) is 2. The maximum atomic E-state index is 11.8. The summed E-state index contributed by atoms with van der Waals surface area (Å²) in [6.45, 7) is 1.65. The second kappa shape index (κ2) is 6.81. The molecule has 1 aliphatic heterocycles. The van der Waals surface area contributed by atoms with Crippen LogP contribution in [0.5, 0.6) is 0 Å². The number of hydrogen-bond donors (Lipinski definition) is 0. The molecule has 3 rings (SSSR count). The normalized spacial score (nSPS) is 14.7. The second-order valence-corrected chi connectivity index (χ2v) is 6.32. The predicted octanol–water partition coefficient (Wildman–Crippen LogP) is 4.10. The van der Waals surface area contributed by atoms with Gasteiger partial charge in [-0.1, -0.05) is 48.5 Å². The van der Waals surface area contributed by atoms with Crippen LogP contribution in [0.15, 0.2) is 59.5 Å². The van der Waals surface area contributed by atoms with E-state index in [9.17, 15) is 4.79 Å². The highest BCUT2D eigenvalue weighted by atomic mass is 32.2. The van der Waals surface area contributed by atoms with Crippen LogP contribution in [-0.4, -0.2) is 17.4 Å². The standard InChI is InChI=1S/C18H19NOS/c20-18-11-6-12-19(18)13-16-9-4-5-10-17(16)21-14-15-7-2-1-3-8-15/h1-5,7-10H,6,11-14H2. The maximum Gasteiger partial charge on any atom is 0.222 e. The largest absolute Gasteiger partial charge is 0.338 e. The van der Waals surface area contributed by atoms with Crippen LogP contribution >= 0.6 is 11.8 Å². The minimum atomic E-state index is 0.290. The molecule has 1 fully saturated rings. The second-order valence-electron chi connectivity index (χ2n) is 5.30. The van der Waals surface area contributed by atoms with Gasteiger partial charge in [-0.25, -0.2) is 0 Å². The van der Waals surface area contributed by atoms with E-state index in [1.54, 1.807) is 0 Å². The smallest absolute Gasteiger partial charge is 0.222 e. The number of amides is 1. The van der Waals surface area contributed by atoms with Crippen LogP contribution < -0.4 is 0 Å². The predicted molar refractivity (Wildman–Crippen MR) is 87.1 cm³/mol. The summed E-state index contributed by atoms with van der Waals surface area (Å²) in [5.74, 6) is 1.25. The fraction of sp³-hybridized carbons (Fsp3) is 0.278. The number of nitrogens with zero attached hydrogens (tertiary/aromatic N) is 1. The Morgan fingerprint density at radius 2 is 1.76 bits per heavy atom. The number of carbonyl (C=O) groups excluding carboxylic acids is 1. The molecular weight excluding hydrogens is 278 g/mol. The molecule has 0 atom stereocenters. The third kappa shape index (κ3) is 3.67. The monoisotopic (exact) mass is 297 g/mol. The molecule has 0 radical (unpaired) electrons. The molecule has 0 bridgehead atoms. The quantitative estimate of drug-likeness (QED) is 0.774. The Bertz CT molecular complexity index is 612. The van der Waals surface area contributed by atoms with Crippen LogP contribution in [-0.2, 0) is 17.1 Å². The van der Waals surface area contributed by atoms with Crippen LogP contribution in [0.25, 0.3) is 0 Å². The van der Waals surface area contributed by atoms with E-state index in [-0.39, 0.29) is 5.91 Å². The number of rotatable bonds is 5. The van der Waals surface area contributed by atoms with Gasteiger partial charge in [-0.2, -0.15) is 0 Å². The van der Waals surface area contributed by atoms with Gasteiger partial charge < -0.3 is 4.90 Å². The molecule has 0 unspecified atom stereocenters. The number of carbonyl (C=O) groups is 1. The molecule has 108 valence electrons. The summed E-state index contributed by atoms with van der Waals surface area (Å²) in [6, 6.07) is 18.9. The van der Waals surface area contributed by atoms with Crippen molar-refractivity contribution in [3.8, 4) is 0 Å². The van der Waals surface area contributed by atoms with Crippen LogP contribution in [0.1, 0.15) is 24.0 Å². The van der Waals surface area contributed by atoms with E-state index in [0.717, 1.165) is 25.3 Å². The zero-order valence-electron chi connectivity index (χ0n) is 12.0. The molecule has 0 aromatic heterocycles. The van der Waals surface area contributed by atoms with Crippen molar-refractivity contribution in [3.05, 3.63) is 65.7 Å². The van der Waals surface area contributed by atoms with Crippen LogP contribution in [0, 0.1) is 0 Å². The Morgan fingerprint density at radius 1 is 1.00 bits per heavy atom. The summed E-state index contributed by atoms with van der Waals surface area (Å²) in [7, 11) is 0. The lowest BCUT2D eigenvalue weighted by molar-refractivity contribution is -0.128. The van der Waals surface area contributed by atoms with Crippen molar-refractivity contribution in [2.75, 3.05) is 6.54 Å². The molecule has 2 nitrogen and oxygen atoms in total. The maximum absolute atomic E-state index is 11.8. The third-order valence-corrected chi connectivity index (χ3v) is 4.93. The Morgan fingerprint density at radius 3 is 2.52 bits per heavy atom. The fourth-order valence-corrected chi connectivity index (χ4v) is 3.59. The third-order valence-electron chi connectivity index (χ3n) is 3.74. The molecule has 1 saturated heterocycles. The molecule has 3 heteroatoms. The minimum Gasteiger partial charge on any atom is -0.338 e. The van der Waals surface area contributed by atoms with E-state index in [4.69, 9.17) is 0 Å². The molecular formula is C18H19NOS. The fourth-order valence-electron chi connectivity index (χ4n) is 2.59. The highest BCUT2D eigenvalue weighted by molar-refractivity contribution is 7.98. The highest BCUT2D eigenvalue weighted by Crippen LogP contribution is 2.28. The summed E-state index contributed by atoms with van der Waals surface area (Å²) in [5, 5.41) is 0. The Hall–Kier alpha value is -1.74. The lowest BCUT2D eigenvalue weighted by Gasteiger charge is -2.17. The van der Waals surface area contributed by atoms with Gasteiger partial charge in [0, 0.05) is 30.2 Å². The van der Waals surface area contributed by atoms with E-state index >= 15 is 0 Å². The van der Waals surface area contributed by atoms with E-state index in [1.165, 1.54) is 16.0 Å². The van der Waals surface area contributed by atoms with Gasteiger partial charge in [-0.15, -0.1) is 11.8 Å². The molecule has 0 spiro atoms. The first-order valence-electron chi connectivity index (χ1n) is 7.35. The summed E-state index contributed by atoms with van der Waals surface area (Å²) < 4.78 is 0. The molecule has 0 saturated carbocycles. The van der Waals surface area contributed by atoms with Gasteiger partial charge >= 0.3 is 0 Å². The van der Waals surface area contributed by atoms with E-state index in [0.29, 0.717) is 6.42 Å². The van der Waals surface area contributed by atoms with Gasteiger partial charge in [-0.05, 0) is 23.6 Å². The van der Waals surface area contributed by atoms with Gasteiger partial charge in [-0.3, -0.25) is 4.79 Å². The van der Waals surface area contributed by atoms with Crippen molar-refractivity contribution in [1.29, 1.82) is 0 Å². The average molecular weight is 297 g/mol. The van der Waals surface area contributed by atoms with Crippen molar-refractivity contribution in [3.63, 3.8) is 0 Å². The molecule has 21 heavy (non-hydrogen) atoms. The topological polar surface area (TPSA) is 20.3 Å². The molecule has 1 heterocycles. The minimum absolute atomic E-state index is 0.290. The summed E-state index contributed by atoms with van der Waals surface area (Å²) in [4.78, 5) is 15.0. The summed E-state index contributed by atoms with van der Waals surface area (Å²) >= 11 is 1.85. The van der Waals surface area contributed by atoms with Crippen LogP contribution in [0.2, 0.25) is 0 Å². The van der Waals surface area contributed by atoms with Crippen molar-refractivity contribution in [2.24, 2.45) is 0 Å². The van der Waals surface area contributed by atoms with Crippen molar-refractivity contribution < 1.29 is 4.79 Å². The van der Waals surface area contributed by atoms with E-state index < -0.39 is 0 Å². The van der Waals surface area contributed by atoms with Crippen molar-refractivity contribution >= 4 is 17.7 Å². The SMILES string of the molecule is O=C1CCCN1Cc1ccccc1SCc1ccccc1. The molecule has 2 aromatic rings. The van der Waals surface area contributed by atoms with Gasteiger partial charge in [0.15, 0.2) is 0 Å². The van der Waals surface area contributed by atoms with Gasteiger partial charge in [0.1, 0.15) is 0 Å². The number of benzene rings is 2. The average Bonchev–Trinajstić information content (AvgIpc) is 2.93. The van der Waals surface area contributed by atoms with Crippen molar-refractivity contribution in [2.45, 2.75) is 30.0 Å². The first kappa shape index (κ1) is 14.2. The van der Waals surface area contributed by atoms with Gasteiger partial charge in [0.05, 0.1) is 0 Å². The van der Waals surface area contributed by atoms with E-state index in [1.807, 2.05) is 22.7 Å². The van der Waals surface area contributed by atoms with Crippen molar-refractivity contribution in [1.82, 2.24) is 4.90 Å². The lowest BCUT2D eigenvalue weighted by Crippen LogP contribution is -2.24. The zero-order valence-corrected chi connectivity index (χ0v) is 12.8. The first-order chi connectivity index (χ1) is 10.3. The molecule has 0 N–H and O–H groups in total. The summed E-state index contributed by atoms with van der Waals surface area (Å²) in [5.41, 5.74) is 2.59. The number of likely N-dealkylation sites (tertiary alicyclic amines) is 1. The first-order valence-corrected chi connectivity index (χ1v) is 8.34. The zero-order chi connectivity index (χ0) is 14.5. The molecule has 1 amide bonds. The van der Waals surface area contributed by atoms with Crippen LogP contribution in [0.3, 0.4) is 0 Å². The van der Waals surface area contributed by atoms with Gasteiger partial charge in [0.25, 0.3) is 0 Å². The Labute approximate surface area is 130 Å². The number of thioether (sulfide) groups is 1. The molecule has 0 aliphatic carbocycles. The van der Waals surface area contributed by atoms with Gasteiger partial charge in [0.2, 0.25) is 5.91 Å². The Kier molecular flexibility index (Phi) is 4.61. The van der Waals surface area contributed by atoms with E-state index in [2.05, 4.69) is 48.5 Å². The lowest BCUT2D eigenvalue weighted by atomic mass is 10.2. The summed E-state index contributed by atoms with van der Waals surface area (Å²) in [6.07, 6.45) is 1.71. The van der Waals surface area contributed by atoms with Crippen LogP contribution in [0.4, 0.5) is 0 Å². The Balaban J connectivity index is 1.69. The highest BCUT2D eigenvalue weighted by Gasteiger charge is 2.20. The molecule has 2 aromatic carbocycles.